The van der Waals surface area contributed by atoms with E-state index in [2.05, 4.69) is 15.4 Å². The number of hydrazine groups is 1. The van der Waals surface area contributed by atoms with Crippen molar-refractivity contribution < 1.29 is 8.78 Å². The van der Waals surface area contributed by atoms with Gasteiger partial charge in [-0.1, -0.05) is 11.8 Å². The van der Waals surface area contributed by atoms with Crippen molar-refractivity contribution in [2.24, 2.45) is 5.84 Å². The highest BCUT2D eigenvalue weighted by Gasteiger charge is 2.12. The topological polar surface area (TPSA) is 63.8 Å². The molecule has 0 bridgehead atoms. The summed E-state index contributed by atoms with van der Waals surface area (Å²) in [6.07, 6.45) is 0. The molecule has 1 aromatic carbocycles. The molecule has 3 rings (SSSR count). The van der Waals surface area contributed by atoms with E-state index in [1.54, 1.807) is 0 Å². The van der Waals surface area contributed by atoms with E-state index >= 15 is 0 Å². The Morgan fingerprint density at radius 2 is 2.00 bits per heavy atom. The van der Waals surface area contributed by atoms with Crippen LogP contribution in [-0.4, -0.2) is 9.97 Å². The number of nitrogen functional groups attached to an aromatic ring is 1. The Bertz CT molecular complexity index is 819. The van der Waals surface area contributed by atoms with E-state index in [9.17, 15) is 8.78 Å². The molecule has 0 unspecified atom stereocenters. The predicted molar refractivity (Wildman–Crippen MR) is 80.4 cm³/mol. The van der Waals surface area contributed by atoms with Crippen molar-refractivity contribution in [3.63, 3.8) is 0 Å². The molecule has 0 saturated carbocycles. The van der Waals surface area contributed by atoms with E-state index < -0.39 is 11.6 Å². The van der Waals surface area contributed by atoms with Crippen molar-refractivity contribution in [2.45, 2.75) is 16.8 Å². The molecule has 108 valence electrons. The van der Waals surface area contributed by atoms with Gasteiger partial charge in [0.2, 0.25) is 5.95 Å². The minimum atomic E-state index is -0.885. The quantitative estimate of drug-likeness (QED) is 0.437. The molecule has 3 aromatic rings. The number of aryl methyl sites for hydroxylation is 1. The summed E-state index contributed by atoms with van der Waals surface area (Å²) >= 11 is 2.75. The summed E-state index contributed by atoms with van der Waals surface area (Å²) in [5.41, 5.74) is 2.41. The SMILES string of the molecule is Cc1cc2c(Sc3ccc(F)c(F)c3)nc(NN)nc2s1. The number of halogens is 2. The molecule has 2 heterocycles. The second-order valence-corrected chi connectivity index (χ2v) is 6.55. The van der Waals surface area contributed by atoms with Gasteiger partial charge in [-0.2, -0.15) is 0 Å². The Hall–Kier alpha value is -1.77. The van der Waals surface area contributed by atoms with Crippen LogP contribution in [0.5, 0.6) is 0 Å². The van der Waals surface area contributed by atoms with E-state index in [0.29, 0.717) is 9.92 Å². The van der Waals surface area contributed by atoms with Gasteiger partial charge in [0, 0.05) is 15.2 Å². The van der Waals surface area contributed by atoms with Crippen LogP contribution in [0.25, 0.3) is 10.2 Å². The van der Waals surface area contributed by atoms with Crippen molar-refractivity contribution in [3.8, 4) is 0 Å². The number of aromatic nitrogens is 2. The van der Waals surface area contributed by atoms with Gasteiger partial charge < -0.3 is 0 Å². The van der Waals surface area contributed by atoms with Gasteiger partial charge in [-0.3, -0.25) is 5.43 Å². The largest absolute Gasteiger partial charge is 0.292 e. The fourth-order valence-electron chi connectivity index (χ4n) is 1.81. The average Bonchev–Trinajstić information content (AvgIpc) is 2.83. The molecule has 0 atom stereocenters. The lowest BCUT2D eigenvalue weighted by atomic mass is 10.3. The summed E-state index contributed by atoms with van der Waals surface area (Å²) in [7, 11) is 0. The van der Waals surface area contributed by atoms with Crippen molar-refractivity contribution in [3.05, 3.63) is 40.8 Å². The zero-order chi connectivity index (χ0) is 15.0. The van der Waals surface area contributed by atoms with Crippen molar-refractivity contribution in [1.29, 1.82) is 0 Å². The minimum absolute atomic E-state index is 0.287. The smallest absolute Gasteiger partial charge is 0.239 e. The molecule has 0 amide bonds. The first-order valence-corrected chi connectivity index (χ1v) is 7.58. The van der Waals surface area contributed by atoms with Crippen LogP contribution in [0.2, 0.25) is 0 Å². The van der Waals surface area contributed by atoms with Crippen LogP contribution in [-0.2, 0) is 0 Å². The Labute approximate surface area is 127 Å². The van der Waals surface area contributed by atoms with Gasteiger partial charge in [0.1, 0.15) is 9.86 Å². The maximum absolute atomic E-state index is 13.3. The highest BCUT2D eigenvalue weighted by molar-refractivity contribution is 7.99. The van der Waals surface area contributed by atoms with Crippen LogP contribution in [0.4, 0.5) is 14.7 Å². The van der Waals surface area contributed by atoms with Gasteiger partial charge >= 0.3 is 0 Å². The zero-order valence-corrected chi connectivity index (χ0v) is 12.5. The van der Waals surface area contributed by atoms with Crippen molar-refractivity contribution >= 4 is 39.3 Å². The molecule has 0 saturated heterocycles. The van der Waals surface area contributed by atoms with E-state index in [-0.39, 0.29) is 5.95 Å². The Balaban J connectivity index is 2.07. The van der Waals surface area contributed by atoms with Crippen LogP contribution in [0.3, 0.4) is 0 Å². The predicted octanol–water partition coefficient (Wildman–Crippen LogP) is 3.71. The maximum Gasteiger partial charge on any atom is 0.239 e. The van der Waals surface area contributed by atoms with Gasteiger partial charge in [-0.25, -0.2) is 24.6 Å². The van der Waals surface area contributed by atoms with Gasteiger partial charge in [0.15, 0.2) is 11.6 Å². The van der Waals surface area contributed by atoms with E-state index in [0.717, 1.165) is 27.2 Å². The summed E-state index contributed by atoms with van der Waals surface area (Å²) in [5.74, 6) is 3.89. The summed E-state index contributed by atoms with van der Waals surface area (Å²) in [5, 5.41) is 1.51. The third-order valence-electron chi connectivity index (χ3n) is 2.72. The fraction of sp³-hybridized carbons (Fsp3) is 0.0769. The summed E-state index contributed by atoms with van der Waals surface area (Å²) < 4.78 is 26.3. The van der Waals surface area contributed by atoms with Crippen LogP contribution >= 0.6 is 23.1 Å². The second-order valence-electron chi connectivity index (χ2n) is 4.25. The van der Waals surface area contributed by atoms with Crippen LogP contribution in [0, 0.1) is 18.6 Å². The van der Waals surface area contributed by atoms with E-state index in [4.69, 9.17) is 5.84 Å². The maximum atomic E-state index is 13.3. The van der Waals surface area contributed by atoms with Crippen molar-refractivity contribution in [1.82, 2.24) is 9.97 Å². The van der Waals surface area contributed by atoms with Gasteiger partial charge in [-0.05, 0) is 31.2 Å². The number of fused-ring (bicyclic) bond motifs is 1. The lowest BCUT2D eigenvalue weighted by Gasteiger charge is -2.05. The molecular formula is C13H10F2N4S2. The number of nitrogens with one attached hydrogen (secondary N) is 1. The Morgan fingerprint density at radius 3 is 2.71 bits per heavy atom. The number of hydrogen-bond acceptors (Lipinski definition) is 6. The van der Waals surface area contributed by atoms with Crippen LogP contribution in [0.1, 0.15) is 4.88 Å². The lowest BCUT2D eigenvalue weighted by molar-refractivity contribution is 0.506. The summed E-state index contributed by atoms with van der Waals surface area (Å²) in [4.78, 5) is 11.0. The lowest BCUT2D eigenvalue weighted by Crippen LogP contribution is -2.10. The number of rotatable bonds is 3. The second kappa shape index (κ2) is 5.55. The molecule has 4 nitrogen and oxygen atoms in total. The first kappa shape index (κ1) is 14.2. The minimum Gasteiger partial charge on any atom is -0.292 e. The Morgan fingerprint density at radius 1 is 1.19 bits per heavy atom. The van der Waals surface area contributed by atoms with Crippen LogP contribution < -0.4 is 11.3 Å². The molecule has 2 aromatic heterocycles. The first-order chi connectivity index (χ1) is 10.1. The highest BCUT2D eigenvalue weighted by atomic mass is 32.2. The molecule has 21 heavy (non-hydrogen) atoms. The van der Waals surface area contributed by atoms with E-state index in [1.165, 1.54) is 29.2 Å². The zero-order valence-electron chi connectivity index (χ0n) is 10.9. The van der Waals surface area contributed by atoms with Crippen LogP contribution in [0.15, 0.2) is 34.2 Å². The third kappa shape index (κ3) is 2.82. The first-order valence-electron chi connectivity index (χ1n) is 5.94. The molecule has 0 fully saturated rings. The molecule has 0 radical (unpaired) electrons. The average molecular weight is 324 g/mol. The third-order valence-corrected chi connectivity index (χ3v) is 4.65. The van der Waals surface area contributed by atoms with Gasteiger partial charge in [0.25, 0.3) is 0 Å². The molecule has 3 N–H and O–H groups in total. The highest BCUT2D eigenvalue weighted by Crippen LogP contribution is 2.36. The number of thiophene rings is 1. The molecular weight excluding hydrogens is 314 g/mol. The molecule has 0 aliphatic rings. The number of nitrogens with two attached hydrogens (primary N) is 1. The molecule has 8 heteroatoms. The van der Waals surface area contributed by atoms with Crippen molar-refractivity contribution in [2.75, 3.05) is 5.43 Å². The van der Waals surface area contributed by atoms with Gasteiger partial charge in [-0.15, -0.1) is 11.3 Å². The number of hydrogen-bond donors (Lipinski definition) is 2. The normalized spacial score (nSPS) is 11.0. The monoisotopic (exact) mass is 324 g/mol. The molecule has 0 aliphatic heterocycles. The number of anilines is 1. The summed E-state index contributed by atoms with van der Waals surface area (Å²) in [6.45, 7) is 1.97. The van der Waals surface area contributed by atoms with Gasteiger partial charge in [0.05, 0.1) is 0 Å². The fourth-order valence-corrected chi connectivity index (χ4v) is 3.67. The molecule has 0 spiro atoms. The molecule has 0 aliphatic carbocycles. The number of benzene rings is 1. The Kier molecular flexibility index (Phi) is 3.75. The number of nitrogens with zero attached hydrogens (tertiary/aromatic N) is 2. The van der Waals surface area contributed by atoms with E-state index in [1.807, 2.05) is 13.0 Å². The standard InChI is InChI=1S/C13H10F2N4S2/c1-6-4-8-11(20-6)17-13(19-16)18-12(8)21-7-2-3-9(14)10(15)5-7/h2-5H,16H2,1H3,(H,17,18,19). The summed E-state index contributed by atoms with van der Waals surface area (Å²) in [6, 6.07) is 5.70.